The molecule has 1 heterocycles. The number of nitriles is 1. The van der Waals surface area contributed by atoms with Gasteiger partial charge >= 0.3 is 0 Å². The molecular weight excluding hydrogens is 142 g/mol. The summed E-state index contributed by atoms with van der Waals surface area (Å²) in [5, 5.41) is 15.2. The van der Waals surface area contributed by atoms with E-state index in [4.69, 9.17) is 10.7 Å². The molecule has 0 bridgehead atoms. The minimum absolute atomic E-state index is 0.157. The summed E-state index contributed by atoms with van der Waals surface area (Å²) in [4.78, 5) is 3.75. The van der Waals surface area contributed by atoms with Crippen molar-refractivity contribution < 1.29 is 4.74 Å². The molecule has 0 atom stereocenters. The van der Waals surface area contributed by atoms with E-state index in [9.17, 15) is 0 Å². The van der Waals surface area contributed by atoms with Gasteiger partial charge in [0.15, 0.2) is 0 Å². The Balaban J connectivity index is 2.79. The first-order chi connectivity index (χ1) is 5.34. The maximum Gasteiger partial charge on any atom is 0.293 e. The van der Waals surface area contributed by atoms with Crippen molar-refractivity contribution in [2.45, 2.75) is 0 Å². The van der Waals surface area contributed by atoms with Gasteiger partial charge in [0.1, 0.15) is 0 Å². The summed E-state index contributed by atoms with van der Waals surface area (Å²) in [7, 11) is 0. The largest absolute Gasteiger partial charge is 0.367 e. The molecule has 0 aromatic carbocycles. The molecule has 0 fully saturated rings. The molecule has 1 rings (SSSR count). The van der Waals surface area contributed by atoms with E-state index in [1.54, 1.807) is 12.1 Å². The first-order valence-electron chi connectivity index (χ1n) is 2.89. The predicted molar refractivity (Wildman–Crippen MR) is 37.8 cm³/mol. The molecule has 11 heavy (non-hydrogen) atoms. The third-order valence-electron chi connectivity index (χ3n) is 1.09. The average molecular weight is 147 g/mol. The molecule has 1 aromatic rings. The van der Waals surface area contributed by atoms with Gasteiger partial charge in [0.2, 0.25) is 5.90 Å². The van der Waals surface area contributed by atoms with Gasteiger partial charge in [-0.15, -0.1) is 5.26 Å². The normalized spacial score (nSPS) is 8.27. The zero-order valence-electron chi connectivity index (χ0n) is 5.61. The zero-order valence-corrected chi connectivity index (χ0v) is 5.61. The van der Waals surface area contributed by atoms with Crippen molar-refractivity contribution in [1.82, 2.24) is 4.98 Å². The van der Waals surface area contributed by atoms with Crippen LogP contribution in [0.5, 0.6) is 0 Å². The second-order valence-corrected chi connectivity index (χ2v) is 1.76. The van der Waals surface area contributed by atoms with Crippen molar-refractivity contribution in [3.63, 3.8) is 0 Å². The molecule has 4 heteroatoms. The molecule has 0 radical (unpaired) electrons. The monoisotopic (exact) mass is 147 g/mol. The average Bonchev–Trinajstić information content (AvgIpc) is 2.07. The van der Waals surface area contributed by atoms with Crippen molar-refractivity contribution >= 4 is 5.90 Å². The number of hydrogen-bond donors (Lipinski definition) is 1. The van der Waals surface area contributed by atoms with Gasteiger partial charge in [0.25, 0.3) is 6.26 Å². The molecule has 4 nitrogen and oxygen atoms in total. The highest BCUT2D eigenvalue weighted by molar-refractivity contribution is 5.91. The van der Waals surface area contributed by atoms with E-state index in [0.717, 1.165) is 0 Å². The molecule has 0 aliphatic carbocycles. The maximum atomic E-state index is 8.07. The SMILES string of the molecule is N#COC(=N)c1ccncc1. The van der Waals surface area contributed by atoms with Gasteiger partial charge in [0, 0.05) is 18.0 Å². The van der Waals surface area contributed by atoms with Crippen LogP contribution in [0.3, 0.4) is 0 Å². The van der Waals surface area contributed by atoms with E-state index in [-0.39, 0.29) is 5.90 Å². The van der Waals surface area contributed by atoms with Gasteiger partial charge in [-0.2, -0.15) is 0 Å². The minimum atomic E-state index is -0.157. The van der Waals surface area contributed by atoms with Crippen molar-refractivity contribution in [2.75, 3.05) is 0 Å². The Morgan fingerprint density at radius 1 is 1.55 bits per heavy atom. The first-order valence-corrected chi connectivity index (χ1v) is 2.89. The third kappa shape index (κ3) is 1.76. The van der Waals surface area contributed by atoms with Gasteiger partial charge < -0.3 is 4.74 Å². The Morgan fingerprint density at radius 3 is 2.73 bits per heavy atom. The van der Waals surface area contributed by atoms with E-state index < -0.39 is 0 Å². The van der Waals surface area contributed by atoms with Crippen LogP contribution >= 0.6 is 0 Å². The summed E-state index contributed by atoms with van der Waals surface area (Å²) < 4.78 is 4.29. The summed E-state index contributed by atoms with van der Waals surface area (Å²) in [6.45, 7) is 0. The van der Waals surface area contributed by atoms with Crippen molar-refractivity contribution in [3.05, 3.63) is 30.1 Å². The highest BCUT2D eigenvalue weighted by atomic mass is 16.5. The second kappa shape index (κ2) is 3.32. The lowest BCUT2D eigenvalue weighted by Gasteiger charge is -1.95. The number of nitrogens with zero attached hydrogens (tertiary/aromatic N) is 2. The first kappa shape index (κ1) is 7.22. The van der Waals surface area contributed by atoms with Gasteiger partial charge in [0.05, 0.1) is 0 Å². The van der Waals surface area contributed by atoms with Gasteiger partial charge in [-0.05, 0) is 12.1 Å². The number of hydrogen-bond acceptors (Lipinski definition) is 4. The zero-order chi connectivity index (χ0) is 8.10. The summed E-state index contributed by atoms with van der Waals surface area (Å²) >= 11 is 0. The number of rotatable bonds is 1. The van der Waals surface area contributed by atoms with Crippen LogP contribution in [0.25, 0.3) is 0 Å². The lowest BCUT2D eigenvalue weighted by atomic mass is 10.3. The van der Waals surface area contributed by atoms with Crippen molar-refractivity contribution in [1.29, 1.82) is 10.7 Å². The molecule has 0 spiro atoms. The topological polar surface area (TPSA) is 69.8 Å². The van der Waals surface area contributed by atoms with Crippen LogP contribution < -0.4 is 0 Å². The highest BCUT2D eigenvalue weighted by Gasteiger charge is 1.99. The van der Waals surface area contributed by atoms with Crippen LogP contribution in [0, 0.1) is 16.9 Å². The predicted octanol–water partition coefficient (Wildman–Crippen LogP) is 0.905. The molecule has 0 aliphatic rings. The summed E-state index contributed by atoms with van der Waals surface area (Å²) in [6, 6.07) is 3.19. The number of ether oxygens (including phenoxy) is 1. The van der Waals surface area contributed by atoms with Crippen LogP contribution in [0.4, 0.5) is 0 Å². The van der Waals surface area contributed by atoms with Crippen LogP contribution in [0.1, 0.15) is 5.56 Å². The minimum Gasteiger partial charge on any atom is -0.367 e. The molecular formula is C7H5N3O. The molecule has 0 unspecified atom stereocenters. The number of nitrogens with one attached hydrogen (secondary N) is 1. The van der Waals surface area contributed by atoms with Gasteiger partial charge in [-0.25, -0.2) is 0 Å². The fourth-order valence-corrected chi connectivity index (χ4v) is 0.608. The maximum absolute atomic E-state index is 8.07. The standard InChI is InChI=1S/C7H5N3O/c8-5-11-7(9)6-1-3-10-4-2-6/h1-4,9H. The molecule has 0 aliphatic heterocycles. The summed E-state index contributed by atoms with van der Waals surface area (Å²) in [6.07, 6.45) is 4.49. The van der Waals surface area contributed by atoms with Crippen LogP contribution in [-0.4, -0.2) is 10.9 Å². The third-order valence-corrected chi connectivity index (χ3v) is 1.09. The molecule has 0 saturated carbocycles. The van der Waals surface area contributed by atoms with E-state index >= 15 is 0 Å². The van der Waals surface area contributed by atoms with E-state index in [2.05, 4.69) is 9.72 Å². The Hall–Kier alpha value is -1.89. The lowest BCUT2D eigenvalue weighted by Crippen LogP contribution is -1.99. The molecule has 0 amide bonds. The Bertz CT molecular complexity index is 288. The van der Waals surface area contributed by atoms with Crippen LogP contribution in [-0.2, 0) is 4.74 Å². The fraction of sp³-hybridized carbons (Fsp3) is 0. The highest BCUT2D eigenvalue weighted by Crippen LogP contribution is 1.97. The molecule has 54 valence electrons. The van der Waals surface area contributed by atoms with E-state index in [0.29, 0.717) is 5.56 Å². The Labute approximate surface area is 63.6 Å². The van der Waals surface area contributed by atoms with Gasteiger partial charge in [-0.3, -0.25) is 10.4 Å². The lowest BCUT2D eigenvalue weighted by molar-refractivity contribution is 0.496. The molecule has 1 N–H and O–H groups in total. The fourth-order valence-electron chi connectivity index (χ4n) is 0.608. The smallest absolute Gasteiger partial charge is 0.293 e. The number of aromatic nitrogens is 1. The molecule has 0 saturated heterocycles. The Morgan fingerprint density at radius 2 is 2.18 bits per heavy atom. The van der Waals surface area contributed by atoms with Crippen molar-refractivity contribution in [2.24, 2.45) is 0 Å². The number of pyridine rings is 1. The second-order valence-electron chi connectivity index (χ2n) is 1.76. The quantitative estimate of drug-likeness (QED) is 0.364. The Kier molecular flexibility index (Phi) is 2.18. The van der Waals surface area contributed by atoms with Crippen LogP contribution in [0.2, 0.25) is 0 Å². The van der Waals surface area contributed by atoms with Crippen molar-refractivity contribution in [3.8, 4) is 6.26 Å². The summed E-state index contributed by atoms with van der Waals surface area (Å²) in [5.41, 5.74) is 0.543. The van der Waals surface area contributed by atoms with Gasteiger partial charge in [-0.1, -0.05) is 0 Å². The summed E-state index contributed by atoms with van der Waals surface area (Å²) in [5.74, 6) is -0.157. The van der Waals surface area contributed by atoms with Crippen LogP contribution in [0.15, 0.2) is 24.5 Å². The van der Waals surface area contributed by atoms with E-state index in [1.165, 1.54) is 18.6 Å². The van der Waals surface area contributed by atoms with E-state index in [1.807, 2.05) is 0 Å². The molecule has 1 aromatic heterocycles.